The molecule has 0 amide bonds. The van der Waals surface area contributed by atoms with Crippen LogP contribution in [0.5, 0.6) is 5.75 Å². The summed E-state index contributed by atoms with van der Waals surface area (Å²) >= 11 is 0. The number of allylic oxidation sites excluding steroid dienone is 1. The molecule has 1 aliphatic rings. The summed E-state index contributed by atoms with van der Waals surface area (Å²) in [6, 6.07) is 6.02. The van der Waals surface area contributed by atoms with Crippen LogP contribution in [0.3, 0.4) is 0 Å². The molecule has 1 heteroatoms. The fourth-order valence-electron chi connectivity index (χ4n) is 1.17. The minimum Gasteiger partial charge on any atom is -0.465 e. The molecule has 0 bridgehead atoms. The number of hydrogen-bond donors (Lipinski definition) is 0. The van der Waals surface area contributed by atoms with Crippen molar-refractivity contribution in [2.75, 3.05) is 0 Å². The molecule has 1 nitrogen and oxygen atoms in total. The number of benzene rings is 1. The summed E-state index contributed by atoms with van der Waals surface area (Å²) in [6.45, 7) is 3.82. The van der Waals surface area contributed by atoms with Gasteiger partial charge in [-0.15, -0.1) is 0 Å². The average Bonchev–Trinajstić information content (AvgIpc) is 2.04. The quantitative estimate of drug-likeness (QED) is 0.544. The van der Waals surface area contributed by atoms with Crippen molar-refractivity contribution >= 4 is 0 Å². The lowest BCUT2D eigenvalue weighted by atomic mass is 10.1. The first-order chi connectivity index (χ1) is 5.36. The summed E-state index contributed by atoms with van der Waals surface area (Å²) in [5, 5.41) is 0. The Kier molecular flexibility index (Phi) is 1.42. The van der Waals surface area contributed by atoms with Gasteiger partial charge in [0.15, 0.2) is 0 Å². The summed E-state index contributed by atoms with van der Waals surface area (Å²) in [5.41, 5.74) is 2.24. The van der Waals surface area contributed by atoms with Gasteiger partial charge in [-0.25, -0.2) is 0 Å². The fraction of sp³-hybridized carbons (Fsp3) is 0.100. The van der Waals surface area contributed by atoms with Crippen LogP contribution in [0, 0.1) is 6.92 Å². The van der Waals surface area contributed by atoms with E-state index < -0.39 is 0 Å². The molecule has 1 aromatic carbocycles. The zero-order valence-electron chi connectivity index (χ0n) is 6.21. The smallest absolute Gasteiger partial charge is 0.130 e. The molecule has 55 valence electrons. The van der Waals surface area contributed by atoms with E-state index in [-0.39, 0.29) is 0 Å². The summed E-state index contributed by atoms with van der Waals surface area (Å²) in [6.07, 6.45) is 4.70. The van der Waals surface area contributed by atoms with Gasteiger partial charge >= 0.3 is 0 Å². The van der Waals surface area contributed by atoms with E-state index in [1.165, 1.54) is 5.56 Å². The number of ether oxygens (including phenoxy) is 1. The van der Waals surface area contributed by atoms with E-state index in [4.69, 9.17) is 4.74 Å². The molecule has 0 aromatic heterocycles. The Morgan fingerprint density at radius 2 is 2.27 bits per heavy atom. The maximum Gasteiger partial charge on any atom is 0.130 e. The second-order valence-electron chi connectivity index (χ2n) is 2.64. The predicted molar refractivity (Wildman–Crippen MR) is 44.4 cm³/mol. The molecular formula is C10H9O. The monoisotopic (exact) mass is 145 g/mol. The van der Waals surface area contributed by atoms with Gasteiger partial charge in [0.05, 0.1) is 6.26 Å². The topological polar surface area (TPSA) is 9.23 Å². The van der Waals surface area contributed by atoms with Gasteiger partial charge in [0.2, 0.25) is 0 Å². The Bertz CT molecular complexity index is 300. The van der Waals surface area contributed by atoms with Gasteiger partial charge in [-0.3, -0.25) is 0 Å². The van der Waals surface area contributed by atoms with E-state index in [1.807, 2.05) is 18.2 Å². The molecule has 1 radical (unpaired) electrons. The van der Waals surface area contributed by atoms with Crippen LogP contribution in [0.2, 0.25) is 0 Å². The third kappa shape index (κ3) is 1.14. The van der Waals surface area contributed by atoms with Gasteiger partial charge in [-0.1, -0.05) is 12.1 Å². The Hall–Kier alpha value is -1.24. The third-order valence-electron chi connectivity index (χ3n) is 1.76. The SMILES string of the molecule is [CH2]c1ccc2c(c1)OC=CC2. The molecule has 1 aliphatic heterocycles. The maximum absolute atomic E-state index is 5.28. The first-order valence-corrected chi connectivity index (χ1v) is 3.63. The second kappa shape index (κ2) is 2.42. The van der Waals surface area contributed by atoms with Crippen molar-refractivity contribution in [1.29, 1.82) is 0 Å². The summed E-state index contributed by atoms with van der Waals surface area (Å²) in [7, 11) is 0. The Morgan fingerprint density at radius 1 is 1.36 bits per heavy atom. The van der Waals surface area contributed by atoms with Crippen LogP contribution in [0.25, 0.3) is 0 Å². The van der Waals surface area contributed by atoms with E-state index in [2.05, 4.69) is 13.0 Å². The van der Waals surface area contributed by atoms with Crippen LogP contribution in [-0.2, 0) is 6.42 Å². The summed E-state index contributed by atoms with van der Waals surface area (Å²) in [4.78, 5) is 0. The molecule has 0 saturated heterocycles. The Morgan fingerprint density at radius 3 is 3.18 bits per heavy atom. The number of hydrogen-bond acceptors (Lipinski definition) is 1. The van der Waals surface area contributed by atoms with Crippen molar-refractivity contribution in [2.45, 2.75) is 6.42 Å². The second-order valence-corrected chi connectivity index (χ2v) is 2.64. The molecule has 0 unspecified atom stereocenters. The summed E-state index contributed by atoms with van der Waals surface area (Å²) in [5.74, 6) is 0.944. The minimum absolute atomic E-state index is 0.944. The Labute approximate surface area is 66.3 Å². The minimum atomic E-state index is 0.944. The fourth-order valence-corrected chi connectivity index (χ4v) is 1.17. The molecule has 1 heterocycles. The van der Waals surface area contributed by atoms with Crippen molar-refractivity contribution < 1.29 is 4.74 Å². The van der Waals surface area contributed by atoms with Crippen molar-refractivity contribution in [1.82, 2.24) is 0 Å². The predicted octanol–water partition coefficient (Wildman–Crippen LogP) is 2.32. The zero-order chi connectivity index (χ0) is 7.68. The first kappa shape index (κ1) is 6.47. The molecular weight excluding hydrogens is 136 g/mol. The number of fused-ring (bicyclic) bond motifs is 1. The largest absolute Gasteiger partial charge is 0.465 e. The molecule has 0 atom stereocenters. The van der Waals surface area contributed by atoms with Crippen molar-refractivity contribution in [2.24, 2.45) is 0 Å². The molecule has 0 spiro atoms. The number of rotatable bonds is 0. The maximum atomic E-state index is 5.28. The van der Waals surface area contributed by atoms with Crippen LogP contribution >= 0.6 is 0 Å². The molecule has 1 aromatic rings. The molecule has 11 heavy (non-hydrogen) atoms. The van der Waals surface area contributed by atoms with E-state index >= 15 is 0 Å². The highest BCUT2D eigenvalue weighted by atomic mass is 16.5. The normalized spacial score (nSPS) is 13.9. The highest BCUT2D eigenvalue weighted by Gasteiger charge is 2.04. The van der Waals surface area contributed by atoms with Gasteiger partial charge in [0.25, 0.3) is 0 Å². The van der Waals surface area contributed by atoms with Gasteiger partial charge in [0.1, 0.15) is 5.75 Å². The van der Waals surface area contributed by atoms with E-state index in [0.717, 1.165) is 17.7 Å². The molecule has 0 fully saturated rings. The van der Waals surface area contributed by atoms with Crippen LogP contribution < -0.4 is 4.74 Å². The Balaban J connectivity index is 2.48. The average molecular weight is 145 g/mol. The van der Waals surface area contributed by atoms with Gasteiger partial charge < -0.3 is 4.74 Å². The lowest BCUT2D eigenvalue weighted by Gasteiger charge is -2.11. The molecule has 2 rings (SSSR count). The van der Waals surface area contributed by atoms with Crippen LogP contribution in [0.15, 0.2) is 30.5 Å². The van der Waals surface area contributed by atoms with E-state index in [1.54, 1.807) is 6.26 Å². The van der Waals surface area contributed by atoms with Crippen molar-refractivity contribution in [3.05, 3.63) is 48.6 Å². The zero-order valence-corrected chi connectivity index (χ0v) is 6.21. The molecule has 0 N–H and O–H groups in total. The lowest BCUT2D eigenvalue weighted by molar-refractivity contribution is 0.464. The third-order valence-corrected chi connectivity index (χ3v) is 1.76. The molecule has 0 aliphatic carbocycles. The van der Waals surface area contributed by atoms with Gasteiger partial charge in [-0.05, 0) is 36.6 Å². The van der Waals surface area contributed by atoms with Gasteiger partial charge in [-0.2, -0.15) is 0 Å². The standard InChI is InChI=1S/C10H9O/c1-8-4-5-9-3-2-6-11-10(9)7-8/h2,4-7H,1,3H2. The van der Waals surface area contributed by atoms with E-state index in [0.29, 0.717) is 0 Å². The van der Waals surface area contributed by atoms with Crippen molar-refractivity contribution in [3.63, 3.8) is 0 Å². The van der Waals surface area contributed by atoms with Crippen LogP contribution in [0.1, 0.15) is 11.1 Å². The highest BCUT2D eigenvalue weighted by molar-refractivity contribution is 5.41. The van der Waals surface area contributed by atoms with E-state index in [9.17, 15) is 0 Å². The van der Waals surface area contributed by atoms with Gasteiger partial charge in [0, 0.05) is 0 Å². The van der Waals surface area contributed by atoms with Crippen LogP contribution in [-0.4, -0.2) is 0 Å². The summed E-state index contributed by atoms with van der Waals surface area (Å²) < 4.78 is 5.28. The lowest BCUT2D eigenvalue weighted by Crippen LogP contribution is -1.95. The first-order valence-electron chi connectivity index (χ1n) is 3.63. The van der Waals surface area contributed by atoms with Crippen molar-refractivity contribution in [3.8, 4) is 5.75 Å². The molecule has 0 saturated carbocycles. The highest BCUT2D eigenvalue weighted by Crippen LogP contribution is 2.23. The van der Waals surface area contributed by atoms with Crippen LogP contribution in [0.4, 0.5) is 0 Å².